The molecular weight excluding hydrogens is 360 g/mol. The highest BCUT2D eigenvalue weighted by atomic mass is 32.1. The SMILES string of the molecule is Cc1ncc2c(c1-c1noc(-c3cscn3)n1)CCN(c1ccncc1)C2. The Bertz CT molecular complexity index is 1080. The van der Waals surface area contributed by atoms with Gasteiger partial charge in [0.15, 0.2) is 0 Å². The molecule has 134 valence electrons. The summed E-state index contributed by atoms with van der Waals surface area (Å²) >= 11 is 1.50. The molecule has 8 heteroatoms. The van der Waals surface area contributed by atoms with E-state index in [4.69, 9.17) is 4.52 Å². The van der Waals surface area contributed by atoms with E-state index in [2.05, 4.69) is 30.0 Å². The molecule has 0 saturated carbocycles. The lowest BCUT2D eigenvalue weighted by Gasteiger charge is -2.31. The van der Waals surface area contributed by atoms with Gasteiger partial charge in [-0.25, -0.2) is 4.98 Å². The van der Waals surface area contributed by atoms with Crippen LogP contribution in [0.5, 0.6) is 0 Å². The number of pyridine rings is 2. The van der Waals surface area contributed by atoms with Gasteiger partial charge in [0.05, 0.1) is 5.51 Å². The van der Waals surface area contributed by atoms with Crippen molar-refractivity contribution >= 4 is 17.0 Å². The first-order chi connectivity index (χ1) is 13.3. The summed E-state index contributed by atoms with van der Waals surface area (Å²) in [6, 6.07) is 4.07. The maximum absolute atomic E-state index is 5.44. The van der Waals surface area contributed by atoms with Gasteiger partial charge in [-0.1, -0.05) is 5.16 Å². The molecule has 5 heterocycles. The number of anilines is 1. The molecule has 0 N–H and O–H groups in total. The van der Waals surface area contributed by atoms with E-state index in [0.29, 0.717) is 17.4 Å². The summed E-state index contributed by atoms with van der Waals surface area (Å²) in [5, 5.41) is 6.10. The van der Waals surface area contributed by atoms with Crippen LogP contribution >= 0.6 is 11.3 Å². The van der Waals surface area contributed by atoms with Crippen LogP contribution in [0.4, 0.5) is 5.69 Å². The first-order valence-corrected chi connectivity index (χ1v) is 9.59. The Kier molecular flexibility index (Phi) is 3.90. The van der Waals surface area contributed by atoms with Crippen LogP contribution in [0.25, 0.3) is 23.0 Å². The molecule has 0 bridgehead atoms. The molecule has 0 amide bonds. The van der Waals surface area contributed by atoms with Crippen molar-refractivity contribution in [3.8, 4) is 23.0 Å². The van der Waals surface area contributed by atoms with Crippen molar-refractivity contribution in [1.29, 1.82) is 0 Å². The minimum absolute atomic E-state index is 0.442. The lowest BCUT2D eigenvalue weighted by atomic mass is 9.94. The molecule has 0 saturated heterocycles. The maximum atomic E-state index is 5.44. The van der Waals surface area contributed by atoms with Crippen LogP contribution in [-0.2, 0) is 13.0 Å². The fourth-order valence-electron chi connectivity index (χ4n) is 3.47. The number of hydrogen-bond donors (Lipinski definition) is 0. The summed E-state index contributed by atoms with van der Waals surface area (Å²) in [5.74, 6) is 1.02. The Labute approximate surface area is 159 Å². The number of thiazole rings is 1. The van der Waals surface area contributed by atoms with Gasteiger partial charge < -0.3 is 9.42 Å². The summed E-state index contributed by atoms with van der Waals surface area (Å²) in [6.45, 7) is 3.71. The molecule has 0 atom stereocenters. The number of hydrogen-bond acceptors (Lipinski definition) is 8. The summed E-state index contributed by atoms with van der Waals surface area (Å²) in [5.41, 5.74) is 7.96. The average Bonchev–Trinajstić information content (AvgIpc) is 3.40. The van der Waals surface area contributed by atoms with Crippen molar-refractivity contribution in [3.05, 3.63) is 58.4 Å². The first kappa shape index (κ1) is 16.1. The van der Waals surface area contributed by atoms with Crippen LogP contribution < -0.4 is 4.90 Å². The molecular formula is C19H16N6OS. The van der Waals surface area contributed by atoms with E-state index in [9.17, 15) is 0 Å². The van der Waals surface area contributed by atoms with E-state index in [0.717, 1.165) is 30.8 Å². The average molecular weight is 376 g/mol. The van der Waals surface area contributed by atoms with Gasteiger partial charge in [-0.3, -0.25) is 9.97 Å². The van der Waals surface area contributed by atoms with Gasteiger partial charge in [-0.2, -0.15) is 4.98 Å². The lowest BCUT2D eigenvalue weighted by molar-refractivity contribution is 0.431. The predicted molar refractivity (Wildman–Crippen MR) is 102 cm³/mol. The zero-order valence-electron chi connectivity index (χ0n) is 14.7. The standard InChI is InChI=1S/C19H16N6OS/c1-12-17(18-23-19(26-24-18)16-10-27-11-22-16)15-4-7-25(9-13(15)8-21-12)14-2-5-20-6-3-14/h2-3,5-6,8,10-11H,4,7,9H2,1H3. The molecule has 0 spiro atoms. The fraction of sp³-hybridized carbons (Fsp3) is 0.211. The number of aryl methyl sites for hydroxylation is 1. The molecule has 4 aromatic rings. The number of nitrogens with zero attached hydrogens (tertiary/aromatic N) is 6. The van der Waals surface area contributed by atoms with Gasteiger partial charge >= 0.3 is 0 Å². The second-order valence-electron chi connectivity index (χ2n) is 6.40. The van der Waals surface area contributed by atoms with Gasteiger partial charge in [-0.05, 0) is 36.6 Å². The summed E-state index contributed by atoms with van der Waals surface area (Å²) in [6.07, 6.45) is 6.51. The predicted octanol–water partition coefficient (Wildman–Crippen LogP) is 3.52. The van der Waals surface area contributed by atoms with Gasteiger partial charge in [0, 0.05) is 54.0 Å². The van der Waals surface area contributed by atoms with E-state index in [1.807, 2.05) is 43.0 Å². The van der Waals surface area contributed by atoms with E-state index < -0.39 is 0 Å². The van der Waals surface area contributed by atoms with Crippen molar-refractivity contribution in [3.63, 3.8) is 0 Å². The topological polar surface area (TPSA) is 80.8 Å². The molecule has 27 heavy (non-hydrogen) atoms. The zero-order chi connectivity index (χ0) is 18.2. The zero-order valence-corrected chi connectivity index (χ0v) is 15.5. The number of rotatable bonds is 3. The van der Waals surface area contributed by atoms with Gasteiger partial charge in [0.25, 0.3) is 5.89 Å². The summed E-state index contributed by atoms with van der Waals surface area (Å²) in [7, 11) is 0. The van der Waals surface area contributed by atoms with Crippen LogP contribution in [0, 0.1) is 6.92 Å². The molecule has 0 fully saturated rings. The third-order valence-electron chi connectivity index (χ3n) is 4.79. The van der Waals surface area contributed by atoms with E-state index in [1.54, 1.807) is 5.51 Å². The van der Waals surface area contributed by atoms with Crippen molar-refractivity contribution in [2.75, 3.05) is 11.4 Å². The summed E-state index contributed by atoms with van der Waals surface area (Å²) in [4.78, 5) is 19.8. The van der Waals surface area contributed by atoms with Crippen molar-refractivity contribution < 1.29 is 4.52 Å². The van der Waals surface area contributed by atoms with Gasteiger partial charge in [0.2, 0.25) is 5.82 Å². The van der Waals surface area contributed by atoms with E-state index >= 15 is 0 Å². The number of fused-ring (bicyclic) bond motifs is 1. The molecule has 0 aliphatic carbocycles. The van der Waals surface area contributed by atoms with Crippen molar-refractivity contribution in [1.82, 2.24) is 25.1 Å². The van der Waals surface area contributed by atoms with Crippen LogP contribution in [0.1, 0.15) is 16.8 Å². The Balaban J connectivity index is 1.52. The molecule has 4 aromatic heterocycles. The molecule has 1 aliphatic heterocycles. The normalized spacial score (nSPS) is 13.6. The minimum Gasteiger partial charge on any atom is -0.367 e. The van der Waals surface area contributed by atoms with Gasteiger partial charge in [0.1, 0.15) is 5.69 Å². The third-order valence-corrected chi connectivity index (χ3v) is 5.37. The second kappa shape index (κ2) is 6.55. The molecule has 0 radical (unpaired) electrons. The molecule has 1 aliphatic rings. The smallest absolute Gasteiger partial charge is 0.277 e. The number of aromatic nitrogens is 5. The lowest BCUT2D eigenvalue weighted by Crippen LogP contribution is -2.31. The third kappa shape index (κ3) is 2.87. The van der Waals surface area contributed by atoms with Crippen LogP contribution in [0.15, 0.2) is 46.1 Å². The first-order valence-electron chi connectivity index (χ1n) is 8.64. The monoisotopic (exact) mass is 376 g/mol. The van der Waals surface area contributed by atoms with E-state index in [1.165, 1.54) is 28.2 Å². The Hall–Kier alpha value is -3.13. The second-order valence-corrected chi connectivity index (χ2v) is 7.11. The van der Waals surface area contributed by atoms with Crippen LogP contribution in [0.3, 0.4) is 0 Å². The van der Waals surface area contributed by atoms with Crippen molar-refractivity contribution in [2.45, 2.75) is 19.9 Å². The minimum atomic E-state index is 0.442. The highest BCUT2D eigenvalue weighted by Gasteiger charge is 2.24. The van der Waals surface area contributed by atoms with Crippen molar-refractivity contribution in [2.24, 2.45) is 0 Å². The maximum Gasteiger partial charge on any atom is 0.277 e. The Morgan fingerprint density at radius 1 is 1.19 bits per heavy atom. The molecule has 5 rings (SSSR count). The highest BCUT2D eigenvalue weighted by Crippen LogP contribution is 2.33. The molecule has 0 unspecified atom stereocenters. The van der Waals surface area contributed by atoms with E-state index in [-0.39, 0.29) is 0 Å². The Morgan fingerprint density at radius 2 is 2.07 bits per heavy atom. The Morgan fingerprint density at radius 3 is 2.89 bits per heavy atom. The van der Waals surface area contributed by atoms with Crippen LogP contribution in [0.2, 0.25) is 0 Å². The largest absolute Gasteiger partial charge is 0.367 e. The fourth-order valence-corrected chi connectivity index (χ4v) is 3.99. The van der Waals surface area contributed by atoms with Crippen LogP contribution in [-0.4, -0.2) is 31.6 Å². The molecule has 7 nitrogen and oxygen atoms in total. The highest BCUT2D eigenvalue weighted by molar-refractivity contribution is 7.07. The van der Waals surface area contributed by atoms with Gasteiger partial charge in [-0.15, -0.1) is 11.3 Å². The molecule has 0 aromatic carbocycles. The quantitative estimate of drug-likeness (QED) is 0.541. The summed E-state index contributed by atoms with van der Waals surface area (Å²) < 4.78 is 5.44.